The summed E-state index contributed by atoms with van der Waals surface area (Å²) in [5.41, 5.74) is 0. The van der Waals surface area contributed by atoms with Gasteiger partial charge >= 0.3 is 0 Å². The summed E-state index contributed by atoms with van der Waals surface area (Å²) < 4.78 is -3.26. The number of alkyl halides is 9. The van der Waals surface area contributed by atoms with Gasteiger partial charge in [0.2, 0.25) is 6.43 Å². The highest BCUT2D eigenvalue weighted by Gasteiger charge is 2.32. The molecule has 0 saturated heterocycles. The van der Waals surface area contributed by atoms with Crippen LogP contribution in [0, 0.1) is 5.92 Å². The zero-order valence-corrected chi connectivity index (χ0v) is 26.1. The maximum absolute atomic E-state index is 11.9. The smallest absolute Gasteiger partial charge is 0.258 e. The van der Waals surface area contributed by atoms with Crippen LogP contribution in [-0.4, -0.2) is 43.8 Å². The van der Waals surface area contributed by atoms with Crippen molar-refractivity contribution in [2.75, 3.05) is 19.6 Å². The van der Waals surface area contributed by atoms with Gasteiger partial charge in [0.1, 0.15) is 0 Å². The highest BCUT2D eigenvalue weighted by molar-refractivity contribution is 9.40. The number of hydrogen-bond acceptors (Lipinski definition) is 3. The van der Waals surface area contributed by atoms with Crippen molar-refractivity contribution in [1.82, 2.24) is 16.0 Å². The summed E-state index contributed by atoms with van der Waals surface area (Å²) in [7, 11) is 0. The zero-order valence-electron chi connectivity index (χ0n) is 11.8. The number of amides is 3. The molecule has 3 amide bonds. The normalized spacial score (nSPS) is 12.7. The van der Waals surface area contributed by atoms with E-state index in [9.17, 15) is 14.4 Å². The van der Waals surface area contributed by atoms with Crippen LogP contribution in [0.3, 0.4) is 0 Å². The molecule has 6 nitrogen and oxygen atoms in total. The van der Waals surface area contributed by atoms with E-state index in [1.165, 1.54) is 0 Å². The van der Waals surface area contributed by atoms with Crippen molar-refractivity contribution in [3.05, 3.63) is 0 Å². The number of carbonyl (C=O) groups excluding carboxylic acids is 3. The fraction of sp³-hybridized carbons (Fsp3) is 0.700. The van der Waals surface area contributed by atoms with Crippen LogP contribution in [0.2, 0.25) is 0 Å². The molecule has 0 fully saturated rings. The first-order valence-electron chi connectivity index (χ1n) is 6.10. The van der Waals surface area contributed by atoms with Gasteiger partial charge in [-0.25, -0.2) is 0 Å². The number of hydrogen-bond donors (Lipinski definition) is 3. The summed E-state index contributed by atoms with van der Waals surface area (Å²) >= 11 is 28.0. The fourth-order valence-electron chi connectivity index (χ4n) is 1.23. The zero-order chi connectivity index (χ0) is 20.1. The van der Waals surface area contributed by atoms with Crippen molar-refractivity contribution >= 4 is 161 Å². The van der Waals surface area contributed by atoms with Crippen LogP contribution in [-0.2, 0) is 14.4 Å². The highest BCUT2D eigenvalue weighted by atomic mass is 80.0. The second-order valence-electron chi connectivity index (χ2n) is 4.49. The van der Waals surface area contributed by atoms with Crippen LogP contribution >= 0.6 is 143 Å². The Labute approximate surface area is 220 Å². The van der Waals surface area contributed by atoms with Gasteiger partial charge in [-0.2, -0.15) is 0 Å². The molecule has 0 aromatic rings. The van der Waals surface area contributed by atoms with Crippen molar-refractivity contribution in [3.63, 3.8) is 0 Å². The molecule has 0 saturated carbocycles. The van der Waals surface area contributed by atoms with E-state index in [4.69, 9.17) is 0 Å². The standard InChI is InChI=1S/C10H10Br9N3O3/c11-8(12,13)5(23)20-1-4(2-21-6(24)9(14,15)16)3-22-7(25)10(17,18)19/h4H,1-3H2,(H,20,23)(H,21,24)(H,22,25). The molecule has 0 unspecified atom stereocenters. The number of rotatable bonds is 6. The largest absolute Gasteiger partial charge is 0.353 e. The first kappa shape index (κ1) is 27.7. The van der Waals surface area contributed by atoms with Crippen LogP contribution in [0.5, 0.6) is 0 Å². The Morgan fingerprint density at radius 1 is 0.560 bits per heavy atom. The summed E-state index contributed by atoms with van der Waals surface area (Å²) in [6.45, 7) is 0.636. The van der Waals surface area contributed by atoms with Gasteiger partial charge < -0.3 is 16.0 Å². The van der Waals surface area contributed by atoms with E-state index in [0.717, 1.165) is 0 Å². The highest BCUT2D eigenvalue weighted by Crippen LogP contribution is 2.34. The predicted molar refractivity (Wildman–Crippen MR) is 131 cm³/mol. The molecule has 0 heterocycles. The monoisotopic (exact) mass is 930 g/mol. The van der Waals surface area contributed by atoms with Crippen molar-refractivity contribution < 1.29 is 14.4 Å². The van der Waals surface area contributed by atoms with Crippen LogP contribution < -0.4 is 16.0 Å². The van der Waals surface area contributed by atoms with Crippen molar-refractivity contribution in [3.8, 4) is 0 Å². The summed E-state index contributed by atoms with van der Waals surface area (Å²) in [4.78, 5) is 35.7. The average Bonchev–Trinajstić information content (AvgIpc) is 2.42. The van der Waals surface area contributed by atoms with E-state index in [-0.39, 0.29) is 43.3 Å². The lowest BCUT2D eigenvalue weighted by Gasteiger charge is -2.23. The Kier molecular flexibility index (Phi) is 13.1. The van der Waals surface area contributed by atoms with E-state index in [1.54, 1.807) is 0 Å². The molecule has 3 N–H and O–H groups in total. The number of carbonyl (C=O) groups is 3. The summed E-state index contributed by atoms with van der Waals surface area (Å²) in [6, 6.07) is 0. The molecule has 0 rings (SSSR count). The molecule has 0 atom stereocenters. The molecule has 0 aliphatic carbocycles. The molecular weight excluding hydrogens is 929 g/mol. The number of nitrogens with one attached hydrogen (secondary N) is 3. The third-order valence-corrected chi connectivity index (χ3v) is 5.67. The van der Waals surface area contributed by atoms with E-state index in [2.05, 4.69) is 159 Å². The SMILES string of the molecule is O=C(NCC(CNC(=O)C(Br)(Br)Br)CNC(=O)C(Br)(Br)Br)C(Br)(Br)Br. The van der Waals surface area contributed by atoms with Crippen molar-refractivity contribution in [2.45, 2.75) is 6.43 Å². The van der Waals surface area contributed by atoms with E-state index >= 15 is 0 Å². The van der Waals surface area contributed by atoms with Crippen molar-refractivity contribution in [1.29, 1.82) is 0 Å². The minimum Gasteiger partial charge on any atom is -0.353 e. The van der Waals surface area contributed by atoms with Gasteiger partial charge in [0.05, 0.1) is 0 Å². The maximum atomic E-state index is 11.9. The van der Waals surface area contributed by atoms with Gasteiger partial charge in [-0.15, -0.1) is 0 Å². The molecule has 25 heavy (non-hydrogen) atoms. The predicted octanol–water partition coefficient (Wildman–Crippen LogP) is 4.47. The van der Waals surface area contributed by atoms with Gasteiger partial charge in [0, 0.05) is 25.6 Å². The summed E-state index contributed by atoms with van der Waals surface area (Å²) in [5.74, 6) is -1.35. The van der Waals surface area contributed by atoms with Gasteiger partial charge in [0.25, 0.3) is 17.7 Å². The van der Waals surface area contributed by atoms with E-state index in [1.807, 2.05) is 0 Å². The topological polar surface area (TPSA) is 87.3 Å². The Bertz CT molecular complexity index is 427. The maximum Gasteiger partial charge on any atom is 0.258 e. The Morgan fingerprint density at radius 2 is 0.760 bits per heavy atom. The van der Waals surface area contributed by atoms with Crippen LogP contribution in [0.15, 0.2) is 0 Å². The third-order valence-electron chi connectivity index (χ3n) is 2.43. The molecule has 0 radical (unpaired) electrons. The van der Waals surface area contributed by atoms with Gasteiger partial charge in [-0.05, 0) is 143 Å². The Morgan fingerprint density at radius 3 is 0.920 bits per heavy atom. The molecule has 0 spiro atoms. The van der Waals surface area contributed by atoms with Crippen molar-refractivity contribution in [2.24, 2.45) is 5.92 Å². The lowest BCUT2D eigenvalue weighted by molar-refractivity contribution is -0.119. The Hall–Kier alpha value is 2.73. The van der Waals surface area contributed by atoms with E-state index < -0.39 is 6.43 Å². The third kappa shape index (κ3) is 12.8. The second kappa shape index (κ2) is 11.8. The van der Waals surface area contributed by atoms with Gasteiger partial charge in [-0.1, -0.05) is 0 Å². The first-order valence-corrected chi connectivity index (χ1v) is 13.2. The number of halogens is 9. The molecule has 146 valence electrons. The minimum absolute atomic E-state index is 0.212. The average molecular weight is 939 g/mol. The molecule has 0 aromatic carbocycles. The van der Waals surface area contributed by atoms with Crippen LogP contribution in [0.4, 0.5) is 0 Å². The van der Waals surface area contributed by atoms with Crippen LogP contribution in [0.1, 0.15) is 0 Å². The minimum atomic E-state index is -1.09. The van der Waals surface area contributed by atoms with Crippen LogP contribution in [0.25, 0.3) is 0 Å². The van der Waals surface area contributed by atoms with Gasteiger partial charge in [-0.3, -0.25) is 14.4 Å². The lowest BCUT2D eigenvalue weighted by Crippen LogP contribution is -2.47. The molecular formula is C10H10Br9N3O3. The summed E-state index contributed by atoms with van der Waals surface area (Å²) in [5, 5.41) is 8.09. The molecule has 0 aliphatic rings. The molecule has 0 aromatic heterocycles. The molecule has 15 heteroatoms. The lowest BCUT2D eigenvalue weighted by atomic mass is 10.1. The first-order chi connectivity index (χ1) is 11.0. The molecule has 0 aliphatic heterocycles. The van der Waals surface area contributed by atoms with Gasteiger partial charge in [0.15, 0.2) is 0 Å². The Balaban J connectivity index is 4.79. The second-order valence-corrected chi connectivity index (χ2v) is 24.8. The fourth-order valence-corrected chi connectivity index (χ4v) is 2.49. The summed E-state index contributed by atoms with van der Waals surface area (Å²) in [6.07, 6.45) is 0. The quantitative estimate of drug-likeness (QED) is 0.344. The van der Waals surface area contributed by atoms with E-state index in [0.29, 0.717) is 0 Å². The molecule has 0 bridgehead atoms.